The van der Waals surface area contributed by atoms with Crippen molar-refractivity contribution in [1.82, 2.24) is 0 Å². The first-order valence-electron chi connectivity index (χ1n) is 12.3. The Hall–Kier alpha value is -0.653. The van der Waals surface area contributed by atoms with E-state index in [0.717, 1.165) is 10.8 Å². The summed E-state index contributed by atoms with van der Waals surface area (Å²) in [6.45, 7) is 9.44. The van der Waals surface area contributed by atoms with Crippen molar-refractivity contribution in [2.45, 2.75) is 96.6 Å². The molecular weight excluding hydrogens is 507 g/mol. The summed E-state index contributed by atoms with van der Waals surface area (Å²) >= 11 is 2.52. The van der Waals surface area contributed by atoms with Crippen molar-refractivity contribution in [2.24, 2.45) is 0 Å². The average molecular weight is 551 g/mol. The van der Waals surface area contributed by atoms with Crippen LogP contribution < -0.4 is 10.4 Å². The molecule has 1 atom stereocenters. The molecule has 0 radical (unpaired) electrons. The van der Waals surface area contributed by atoms with Crippen molar-refractivity contribution in [3.63, 3.8) is 0 Å². The van der Waals surface area contributed by atoms with Crippen molar-refractivity contribution in [1.29, 1.82) is 0 Å². The minimum Gasteiger partial charge on any atom is -0.404 e. The van der Waals surface area contributed by atoms with Crippen molar-refractivity contribution < 1.29 is 4.43 Å². The lowest BCUT2D eigenvalue weighted by molar-refractivity contribution is 0.171. The van der Waals surface area contributed by atoms with E-state index < -0.39 is 8.32 Å². The highest BCUT2D eigenvalue weighted by Gasteiger charge is 2.51. The Labute approximate surface area is 206 Å². The number of hydrogen-bond donors (Lipinski definition) is 0. The second-order valence-corrected chi connectivity index (χ2v) is 15.1. The van der Waals surface area contributed by atoms with Crippen LogP contribution in [-0.2, 0) is 4.43 Å². The fourth-order valence-electron chi connectivity index (χ4n) is 4.65. The summed E-state index contributed by atoms with van der Waals surface area (Å²) < 4.78 is 8.54. The fraction of sp³-hybridized carbons (Fsp3) is 0.571. The highest BCUT2D eigenvalue weighted by molar-refractivity contribution is 14.1. The maximum absolute atomic E-state index is 7.39. The molecule has 2 aromatic rings. The van der Waals surface area contributed by atoms with E-state index in [9.17, 15) is 0 Å². The molecule has 0 aliphatic carbocycles. The standard InChI is InChI=1S/C28H43IOSi/c1-5-6-7-8-9-10-13-18-25(23-24-29)30-31(28(2,3)4,26-19-14-11-15-20-26)27-21-16-12-17-22-27/h11-12,14-17,19-22,25H,5-10,13,18,23-24H2,1-4H3. The van der Waals surface area contributed by atoms with Crippen LogP contribution in [0.2, 0.25) is 5.04 Å². The zero-order valence-electron chi connectivity index (χ0n) is 20.2. The first-order chi connectivity index (χ1) is 15.0. The molecule has 0 amide bonds. The molecule has 0 fully saturated rings. The van der Waals surface area contributed by atoms with Gasteiger partial charge in [-0.25, -0.2) is 0 Å². The molecule has 172 valence electrons. The van der Waals surface area contributed by atoms with Crippen molar-refractivity contribution >= 4 is 41.3 Å². The molecule has 0 spiro atoms. The Balaban J connectivity index is 2.26. The van der Waals surface area contributed by atoms with Gasteiger partial charge in [-0.3, -0.25) is 0 Å². The van der Waals surface area contributed by atoms with Gasteiger partial charge in [-0.2, -0.15) is 0 Å². The van der Waals surface area contributed by atoms with Crippen LogP contribution in [0.15, 0.2) is 60.7 Å². The molecule has 2 rings (SSSR count). The van der Waals surface area contributed by atoms with E-state index in [1.54, 1.807) is 0 Å². The van der Waals surface area contributed by atoms with E-state index in [2.05, 4.69) is 111 Å². The van der Waals surface area contributed by atoms with Crippen molar-refractivity contribution in [2.75, 3.05) is 4.43 Å². The summed E-state index contributed by atoms with van der Waals surface area (Å²) in [6, 6.07) is 22.2. The predicted octanol–water partition coefficient (Wildman–Crippen LogP) is 7.90. The molecule has 2 aromatic carbocycles. The molecule has 0 saturated carbocycles. The molecule has 1 nitrogen and oxygen atoms in total. The SMILES string of the molecule is CCCCCCCCCC(CCI)O[Si](c1ccccc1)(c1ccccc1)C(C)(C)C. The highest BCUT2D eigenvalue weighted by Crippen LogP contribution is 2.38. The first-order valence-corrected chi connectivity index (χ1v) is 15.7. The van der Waals surface area contributed by atoms with Crippen molar-refractivity contribution in [3.05, 3.63) is 60.7 Å². The zero-order valence-corrected chi connectivity index (χ0v) is 23.4. The highest BCUT2D eigenvalue weighted by atomic mass is 127. The van der Waals surface area contributed by atoms with Gasteiger partial charge in [0.1, 0.15) is 0 Å². The number of hydrogen-bond acceptors (Lipinski definition) is 1. The lowest BCUT2D eigenvalue weighted by atomic mass is 10.1. The third-order valence-corrected chi connectivity index (χ3v) is 12.0. The second kappa shape index (κ2) is 13.8. The molecule has 0 heterocycles. The molecule has 3 heteroatoms. The lowest BCUT2D eigenvalue weighted by Gasteiger charge is -2.45. The van der Waals surface area contributed by atoms with Gasteiger partial charge in [0.05, 0.1) is 0 Å². The Kier molecular flexibility index (Phi) is 11.8. The third kappa shape index (κ3) is 7.71. The summed E-state index contributed by atoms with van der Waals surface area (Å²) in [6.07, 6.45) is 12.1. The molecule has 0 aliphatic heterocycles. The summed E-state index contributed by atoms with van der Waals surface area (Å²) in [5.41, 5.74) is 0. The minimum atomic E-state index is -2.44. The average Bonchev–Trinajstić information content (AvgIpc) is 2.77. The number of unbranched alkanes of at least 4 members (excludes halogenated alkanes) is 6. The summed E-state index contributed by atoms with van der Waals surface area (Å²) in [5, 5.41) is 2.85. The smallest absolute Gasteiger partial charge is 0.261 e. The van der Waals surface area contributed by atoms with Gasteiger partial charge >= 0.3 is 0 Å². The summed E-state index contributed by atoms with van der Waals surface area (Å²) in [7, 11) is -2.44. The van der Waals surface area contributed by atoms with Gasteiger partial charge in [-0.1, -0.05) is 156 Å². The first kappa shape index (κ1) is 26.6. The van der Waals surface area contributed by atoms with Crippen LogP contribution in [0.3, 0.4) is 0 Å². The van der Waals surface area contributed by atoms with Gasteiger partial charge in [0, 0.05) is 10.5 Å². The van der Waals surface area contributed by atoms with E-state index in [4.69, 9.17) is 4.43 Å². The summed E-state index contributed by atoms with van der Waals surface area (Å²) in [4.78, 5) is 0. The minimum absolute atomic E-state index is 0.0549. The van der Waals surface area contributed by atoms with Gasteiger partial charge in [0.2, 0.25) is 0 Å². The van der Waals surface area contributed by atoms with E-state index in [0.29, 0.717) is 6.10 Å². The largest absolute Gasteiger partial charge is 0.404 e. The Morgan fingerprint density at radius 1 is 0.742 bits per heavy atom. The van der Waals surface area contributed by atoms with E-state index in [1.807, 2.05) is 0 Å². The fourth-order valence-corrected chi connectivity index (χ4v) is 10.1. The number of halogens is 1. The molecule has 0 aromatic heterocycles. The maximum atomic E-state index is 7.39. The van der Waals surface area contributed by atoms with Crippen LogP contribution in [0.5, 0.6) is 0 Å². The zero-order chi connectivity index (χ0) is 22.6. The molecule has 0 bridgehead atoms. The molecule has 1 unspecified atom stereocenters. The van der Waals surface area contributed by atoms with Crippen molar-refractivity contribution in [3.8, 4) is 0 Å². The van der Waals surface area contributed by atoms with E-state index >= 15 is 0 Å². The van der Waals surface area contributed by atoms with Gasteiger partial charge in [-0.05, 0) is 28.3 Å². The van der Waals surface area contributed by atoms with Crippen LogP contribution in [0, 0.1) is 0 Å². The van der Waals surface area contributed by atoms with Crippen LogP contribution in [0.4, 0.5) is 0 Å². The van der Waals surface area contributed by atoms with Gasteiger partial charge in [0.25, 0.3) is 8.32 Å². The molecular formula is C28H43IOSi. The Morgan fingerprint density at radius 2 is 1.23 bits per heavy atom. The van der Waals surface area contributed by atoms with Crippen LogP contribution in [-0.4, -0.2) is 18.8 Å². The molecule has 0 saturated heterocycles. The van der Waals surface area contributed by atoms with Gasteiger partial charge in [-0.15, -0.1) is 0 Å². The monoisotopic (exact) mass is 550 g/mol. The van der Waals surface area contributed by atoms with Crippen LogP contribution >= 0.6 is 22.6 Å². The second-order valence-electron chi connectivity index (χ2n) is 9.79. The van der Waals surface area contributed by atoms with Gasteiger partial charge in [0.15, 0.2) is 0 Å². The normalized spacial score (nSPS) is 13.3. The van der Waals surface area contributed by atoms with Gasteiger partial charge < -0.3 is 4.43 Å². The molecule has 0 N–H and O–H groups in total. The maximum Gasteiger partial charge on any atom is 0.261 e. The lowest BCUT2D eigenvalue weighted by Crippen LogP contribution is -2.67. The number of rotatable bonds is 14. The third-order valence-electron chi connectivity index (χ3n) is 6.32. The Bertz CT molecular complexity index is 671. The Morgan fingerprint density at radius 3 is 1.68 bits per heavy atom. The van der Waals surface area contributed by atoms with E-state index in [1.165, 1.54) is 61.7 Å². The van der Waals surface area contributed by atoms with E-state index in [-0.39, 0.29) is 5.04 Å². The predicted molar refractivity (Wildman–Crippen MR) is 149 cm³/mol. The van der Waals surface area contributed by atoms with Crippen LogP contribution in [0.1, 0.15) is 85.5 Å². The molecule has 0 aliphatic rings. The quantitative estimate of drug-likeness (QED) is 0.101. The van der Waals surface area contributed by atoms with Crippen LogP contribution in [0.25, 0.3) is 0 Å². The topological polar surface area (TPSA) is 9.23 Å². The number of benzene rings is 2. The molecule has 31 heavy (non-hydrogen) atoms. The summed E-state index contributed by atoms with van der Waals surface area (Å²) in [5.74, 6) is 0. The number of alkyl halides is 1.